The first-order chi connectivity index (χ1) is 16.3. The van der Waals surface area contributed by atoms with E-state index in [9.17, 15) is 9.59 Å². The number of hydrogen-bond acceptors (Lipinski definition) is 4. The highest BCUT2D eigenvalue weighted by molar-refractivity contribution is 7.16. The smallest absolute Gasteiger partial charge is 0.275 e. The van der Waals surface area contributed by atoms with Gasteiger partial charge < -0.3 is 14.6 Å². The van der Waals surface area contributed by atoms with E-state index in [4.69, 9.17) is 4.74 Å². The van der Waals surface area contributed by atoms with Crippen molar-refractivity contribution in [1.82, 2.24) is 9.88 Å². The summed E-state index contributed by atoms with van der Waals surface area (Å²) in [5.41, 5.74) is 3.18. The van der Waals surface area contributed by atoms with Crippen LogP contribution in [0.15, 0.2) is 60.0 Å². The fourth-order valence-corrected chi connectivity index (χ4v) is 5.74. The SMILES string of the molecule is COc1ccccc1CNC(=O)[C@@]1(C)Cn2c(cc3ccsc32)C(=O)N1c1ccc(C)cc1C. The van der Waals surface area contributed by atoms with Crippen molar-refractivity contribution in [3.8, 4) is 5.75 Å². The Labute approximate surface area is 202 Å². The van der Waals surface area contributed by atoms with E-state index in [0.29, 0.717) is 24.5 Å². The van der Waals surface area contributed by atoms with Crippen LogP contribution in [0, 0.1) is 13.8 Å². The van der Waals surface area contributed by atoms with Gasteiger partial charge in [-0.25, -0.2) is 0 Å². The number of amides is 2. The maximum absolute atomic E-state index is 13.9. The molecule has 0 bridgehead atoms. The molecule has 7 heteroatoms. The van der Waals surface area contributed by atoms with E-state index in [1.165, 1.54) is 0 Å². The van der Waals surface area contributed by atoms with E-state index in [2.05, 4.69) is 5.32 Å². The Morgan fingerprint density at radius 3 is 2.71 bits per heavy atom. The molecule has 2 amide bonds. The molecule has 0 radical (unpaired) electrons. The third-order valence-corrected chi connectivity index (χ3v) is 7.55. The van der Waals surface area contributed by atoms with Gasteiger partial charge in [-0.3, -0.25) is 14.5 Å². The van der Waals surface area contributed by atoms with Crippen LogP contribution >= 0.6 is 11.3 Å². The number of rotatable bonds is 5. The number of aryl methyl sites for hydroxylation is 2. The number of nitrogens with one attached hydrogen (secondary N) is 1. The van der Waals surface area contributed by atoms with Crippen LogP contribution in [0.2, 0.25) is 0 Å². The first-order valence-electron chi connectivity index (χ1n) is 11.2. The molecule has 0 saturated heterocycles. The zero-order chi connectivity index (χ0) is 24.0. The topological polar surface area (TPSA) is 63.6 Å². The molecule has 6 nitrogen and oxygen atoms in total. The Morgan fingerprint density at radius 2 is 1.94 bits per heavy atom. The fourth-order valence-electron chi connectivity index (χ4n) is 4.85. The number of fused-ring (bicyclic) bond motifs is 3. The van der Waals surface area contributed by atoms with Crippen LogP contribution in [-0.2, 0) is 17.9 Å². The van der Waals surface area contributed by atoms with Gasteiger partial charge in [0.2, 0.25) is 5.91 Å². The summed E-state index contributed by atoms with van der Waals surface area (Å²) in [7, 11) is 1.61. The fraction of sp³-hybridized carbons (Fsp3) is 0.259. The molecule has 1 N–H and O–H groups in total. The van der Waals surface area contributed by atoms with Crippen molar-refractivity contribution in [3.05, 3.63) is 82.4 Å². The highest BCUT2D eigenvalue weighted by Gasteiger charge is 2.49. The second-order valence-corrected chi connectivity index (χ2v) is 9.89. The quantitative estimate of drug-likeness (QED) is 0.441. The predicted octanol–water partition coefficient (Wildman–Crippen LogP) is 5.06. The number of aromatic nitrogens is 1. The molecular formula is C27H27N3O3S. The van der Waals surface area contributed by atoms with Crippen LogP contribution in [0.1, 0.15) is 34.1 Å². The van der Waals surface area contributed by atoms with Gasteiger partial charge in [0.25, 0.3) is 5.91 Å². The number of para-hydroxylation sites is 1. The Bertz CT molecular complexity index is 1420. The van der Waals surface area contributed by atoms with Crippen molar-refractivity contribution in [2.45, 2.75) is 39.4 Å². The number of anilines is 1. The number of benzene rings is 2. The Balaban J connectivity index is 1.58. The first kappa shape index (κ1) is 22.2. The number of thiophene rings is 1. The highest BCUT2D eigenvalue weighted by Crippen LogP contribution is 2.38. The lowest BCUT2D eigenvalue weighted by Crippen LogP contribution is -2.64. The minimum absolute atomic E-state index is 0.170. The van der Waals surface area contributed by atoms with Crippen LogP contribution < -0.4 is 15.0 Å². The molecule has 1 aliphatic heterocycles. The normalized spacial score (nSPS) is 17.6. The van der Waals surface area contributed by atoms with Gasteiger partial charge in [0, 0.05) is 23.2 Å². The molecule has 5 rings (SSSR count). The number of methoxy groups -OCH3 is 1. The standard InChI is InChI=1S/C27H27N3O3S/c1-17-9-10-21(18(2)13-17)30-24(31)22-14-19-11-12-34-25(19)29(22)16-27(30,3)26(32)28-15-20-7-5-6-8-23(20)33-4/h5-14H,15-16H2,1-4H3,(H,28,32)/t27-/m1/s1. The van der Waals surface area contributed by atoms with Crippen molar-refractivity contribution in [2.24, 2.45) is 0 Å². The molecule has 0 unspecified atom stereocenters. The van der Waals surface area contributed by atoms with Crippen molar-refractivity contribution in [1.29, 1.82) is 0 Å². The Kier molecular flexibility index (Phi) is 5.44. The molecule has 1 atom stereocenters. The maximum atomic E-state index is 13.9. The van der Waals surface area contributed by atoms with Crippen LogP contribution in [-0.4, -0.2) is 29.0 Å². The molecule has 2 aromatic heterocycles. The number of carbonyl (C=O) groups excluding carboxylic acids is 2. The highest BCUT2D eigenvalue weighted by atomic mass is 32.1. The van der Waals surface area contributed by atoms with Crippen molar-refractivity contribution in [2.75, 3.05) is 12.0 Å². The largest absolute Gasteiger partial charge is 0.496 e. The minimum atomic E-state index is -1.12. The Hall–Kier alpha value is -3.58. The van der Waals surface area contributed by atoms with Crippen molar-refractivity contribution < 1.29 is 14.3 Å². The van der Waals surface area contributed by atoms with Gasteiger partial charge in [0.05, 0.1) is 13.7 Å². The molecule has 0 spiro atoms. The van der Waals surface area contributed by atoms with Gasteiger partial charge in [0.15, 0.2) is 0 Å². The molecule has 0 fully saturated rings. The summed E-state index contributed by atoms with van der Waals surface area (Å²) in [6.07, 6.45) is 0. The molecule has 0 saturated carbocycles. The summed E-state index contributed by atoms with van der Waals surface area (Å²) in [5.74, 6) is 0.333. The molecule has 34 heavy (non-hydrogen) atoms. The third-order valence-electron chi connectivity index (χ3n) is 6.60. The molecule has 4 aromatic rings. The lowest BCUT2D eigenvalue weighted by molar-refractivity contribution is -0.126. The van der Waals surface area contributed by atoms with Crippen LogP contribution in [0.4, 0.5) is 5.69 Å². The van der Waals surface area contributed by atoms with E-state index in [0.717, 1.165) is 32.6 Å². The summed E-state index contributed by atoms with van der Waals surface area (Å²) >= 11 is 1.58. The lowest BCUT2D eigenvalue weighted by Gasteiger charge is -2.44. The van der Waals surface area contributed by atoms with Gasteiger partial charge in [-0.1, -0.05) is 35.9 Å². The van der Waals surface area contributed by atoms with Gasteiger partial charge in [-0.15, -0.1) is 11.3 Å². The zero-order valence-electron chi connectivity index (χ0n) is 19.7. The molecule has 0 aliphatic carbocycles. The number of hydrogen-bond donors (Lipinski definition) is 1. The first-order valence-corrected chi connectivity index (χ1v) is 12.1. The third kappa shape index (κ3) is 3.47. The van der Waals surface area contributed by atoms with Crippen molar-refractivity contribution in [3.63, 3.8) is 0 Å². The van der Waals surface area contributed by atoms with Crippen LogP contribution in [0.5, 0.6) is 5.75 Å². The second-order valence-electron chi connectivity index (χ2n) is 9.00. The van der Waals surface area contributed by atoms with Crippen LogP contribution in [0.25, 0.3) is 10.2 Å². The minimum Gasteiger partial charge on any atom is -0.496 e. The molecule has 2 aromatic carbocycles. The summed E-state index contributed by atoms with van der Waals surface area (Å²) in [6, 6.07) is 17.5. The molecular weight excluding hydrogens is 446 g/mol. The number of nitrogens with zero attached hydrogens (tertiary/aromatic N) is 2. The number of ether oxygens (including phenoxy) is 1. The van der Waals surface area contributed by atoms with Gasteiger partial charge in [-0.05, 0) is 56.0 Å². The van der Waals surface area contributed by atoms with Crippen molar-refractivity contribution >= 4 is 39.1 Å². The predicted molar refractivity (Wildman–Crippen MR) is 136 cm³/mol. The zero-order valence-corrected chi connectivity index (χ0v) is 20.5. The molecule has 174 valence electrons. The average molecular weight is 474 g/mol. The van der Waals surface area contributed by atoms with Gasteiger partial charge >= 0.3 is 0 Å². The van der Waals surface area contributed by atoms with E-state index in [-0.39, 0.29) is 11.8 Å². The summed E-state index contributed by atoms with van der Waals surface area (Å²) in [4.78, 5) is 30.5. The summed E-state index contributed by atoms with van der Waals surface area (Å²) in [6.45, 7) is 6.52. The van der Waals surface area contributed by atoms with E-state index in [1.807, 2.05) is 85.3 Å². The second kappa shape index (κ2) is 8.33. The van der Waals surface area contributed by atoms with E-state index < -0.39 is 5.54 Å². The van der Waals surface area contributed by atoms with Crippen LogP contribution in [0.3, 0.4) is 0 Å². The van der Waals surface area contributed by atoms with E-state index >= 15 is 0 Å². The molecule has 1 aliphatic rings. The summed E-state index contributed by atoms with van der Waals surface area (Å²) in [5, 5.41) is 6.11. The maximum Gasteiger partial charge on any atom is 0.275 e. The Morgan fingerprint density at radius 1 is 1.15 bits per heavy atom. The molecule has 3 heterocycles. The number of carbonyl (C=O) groups is 2. The summed E-state index contributed by atoms with van der Waals surface area (Å²) < 4.78 is 7.43. The lowest BCUT2D eigenvalue weighted by atomic mass is 9.92. The average Bonchev–Trinajstić information content (AvgIpc) is 3.41. The monoisotopic (exact) mass is 473 g/mol. The van der Waals surface area contributed by atoms with Gasteiger partial charge in [0.1, 0.15) is 21.8 Å². The van der Waals surface area contributed by atoms with Gasteiger partial charge in [-0.2, -0.15) is 0 Å². The van der Waals surface area contributed by atoms with E-state index in [1.54, 1.807) is 23.3 Å².